The average Bonchev–Trinajstić information content (AvgIpc) is 2.33. The number of halogens is 1. The van der Waals surface area contributed by atoms with Gasteiger partial charge in [0.05, 0.1) is 10.6 Å². The number of primary sulfonamides is 1. The molecule has 0 aliphatic heterocycles. The van der Waals surface area contributed by atoms with Gasteiger partial charge in [-0.3, -0.25) is 0 Å². The van der Waals surface area contributed by atoms with Crippen LogP contribution in [0.1, 0.15) is 19.3 Å². The lowest BCUT2D eigenvalue weighted by Gasteiger charge is -2.20. The standard InChI is InChI=1S/C12H19FN2O3S/c1-15(7-3-2-4-8-16)12-6-5-10(9-11(12)13)19(14,17)18/h5-6,9,16H,2-4,7-8H2,1H3,(H2,14,17,18). The summed E-state index contributed by atoms with van der Waals surface area (Å²) in [6, 6.07) is 3.62. The maximum Gasteiger partial charge on any atom is 0.238 e. The van der Waals surface area contributed by atoms with Crippen molar-refractivity contribution in [3.05, 3.63) is 24.0 Å². The molecule has 7 heteroatoms. The van der Waals surface area contributed by atoms with Crippen LogP contribution in [-0.4, -0.2) is 33.7 Å². The highest BCUT2D eigenvalue weighted by Crippen LogP contribution is 2.21. The molecule has 0 amide bonds. The number of rotatable bonds is 7. The molecule has 3 N–H and O–H groups in total. The Kier molecular flexibility index (Phi) is 5.71. The Morgan fingerprint density at radius 3 is 2.53 bits per heavy atom. The van der Waals surface area contributed by atoms with E-state index in [9.17, 15) is 12.8 Å². The second-order valence-corrected chi connectivity index (χ2v) is 5.93. The number of nitrogens with zero attached hydrogens (tertiary/aromatic N) is 1. The number of sulfonamides is 1. The highest BCUT2D eigenvalue weighted by molar-refractivity contribution is 7.89. The normalized spacial score (nSPS) is 11.6. The van der Waals surface area contributed by atoms with Crippen molar-refractivity contribution < 1.29 is 17.9 Å². The molecule has 0 atom stereocenters. The van der Waals surface area contributed by atoms with E-state index in [2.05, 4.69) is 0 Å². The first-order chi connectivity index (χ1) is 8.86. The van der Waals surface area contributed by atoms with E-state index in [1.807, 2.05) is 0 Å². The molecule has 0 spiro atoms. The van der Waals surface area contributed by atoms with Gasteiger partial charge in [0.2, 0.25) is 10.0 Å². The van der Waals surface area contributed by atoms with Crippen LogP contribution in [0.5, 0.6) is 0 Å². The fraction of sp³-hybridized carbons (Fsp3) is 0.500. The maximum absolute atomic E-state index is 13.8. The van der Waals surface area contributed by atoms with Crippen molar-refractivity contribution in [2.75, 3.05) is 25.1 Å². The van der Waals surface area contributed by atoms with Gasteiger partial charge in [0.15, 0.2) is 0 Å². The lowest BCUT2D eigenvalue weighted by Crippen LogP contribution is -2.20. The average molecular weight is 290 g/mol. The van der Waals surface area contributed by atoms with E-state index >= 15 is 0 Å². The molecule has 0 fully saturated rings. The van der Waals surface area contributed by atoms with E-state index in [0.717, 1.165) is 25.3 Å². The third-order valence-electron chi connectivity index (χ3n) is 2.81. The van der Waals surface area contributed by atoms with Crippen LogP contribution < -0.4 is 10.0 Å². The fourth-order valence-electron chi connectivity index (χ4n) is 1.73. The monoisotopic (exact) mass is 290 g/mol. The summed E-state index contributed by atoms with van der Waals surface area (Å²) in [6.07, 6.45) is 2.41. The molecule has 19 heavy (non-hydrogen) atoms. The number of hydrogen-bond acceptors (Lipinski definition) is 4. The van der Waals surface area contributed by atoms with Gasteiger partial charge in [0, 0.05) is 20.2 Å². The first-order valence-electron chi connectivity index (χ1n) is 6.00. The number of benzene rings is 1. The van der Waals surface area contributed by atoms with Gasteiger partial charge in [-0.1, -0.05) is 0 Å². The van der Waals surface area contributed by atoms with Crippen LogP contribution in [0.3, 0.4) is 0 Å². The molecule has 0 bridgehead atoms. The summed E-state index contributed by atoms with van der Waals surface area (Å²) in [7, 11) is -2.15. The molecule has 0 radical (unpaired) electrons. The first-order valence-corrected chi connectivity index (χ1v) is 7.55. The van der Waals surface area contributed by atoms with Gasteiger partial charge >= 0.3 is 0 Å². The zero-order valence-electron chi connectivity index (χ0n) is 10.8. The summed E-state index contributed by atoms with van der Waals surface area (Å²) >= 11 is 0. The number of hydrogen-bond donors (Lipinski definition) is 2. The Balaban J connectivity index is 2.74. The Morgan fingerprint density at radius 2 is 2.00 bits per heavy atom. The molecule has 0 aliphatic carbocycles. The van der Waals surface area contributed by atoms with Gasteiger partial charge < -0.3 is 10.0 Å². The van der Waals surface area contributed by atoms with Gasteiger partial charge in [0.25, 0.3) is 0 Å². The van der Waals surface area contributed by atoms with Crippen LogP contribution in [0.15, 0.2) is 23.1 Å². The second kappa shape index (κ2) is 6.83. The number of anilines is 1. The molecular formula is C12H19FN2O3S. The molecule has 1 aromatic rings. The summed E-state index contributed by atoms with van der Waals surface area (Å²) in [5.74, 6) is -0.615. The third kappa shape index (κ3) is 4.77. The summed E-state index contributed by atoms with van der Waals surface area (Å²) in [5, 5.41) is 13.6. The number of nitrogens with two attached hydrogens (primary N) is 1. The highest BCUT2D eigenvalue weighted by atomic mass is 32.2. The highest BCUT2D eigenvalue weighted by Gasteiger charge is 2.13. The van der Waals surface area contributed by atoms with E-state index < -0.39 is 15.8 Å². The van der Waals surface area contributed by atoms with Crippen LogP contribution >= 0.6 is 0 Å². The molecule has 5 nitrogen and oxygen atoms in total. The van der Waals surface area contributed by atoms with Crippen LogP contribution in [-0.2, 0) is 10.0 Å². The number of aliphatic hydroxyl groups is 1. The lowest BCUT2D eigenvalue weighted by molar-refractivity contribution is 0.283. The molecule has 0 aliphatic rings. The summed E-state index contributed by atoms with van der Waals surface area (Å²) < 4.78 is 36.0. The third-order valence-corrected chi connectivity index (χ3v) is 3.72. The van der Waals surface area contributed by atoms with Gasteiger partial charge in [-0.25, -0.2) is 17.9 Å². The molecule has 0 saturated heterocycles. The van der Waals surface area contributed by atoms with Crippen molar-refractivity contribution in [2.45, 2.75) is 24.2 Å². The topological polar surface area (TPSA) is 83.6 Å². The van der Waals surface area contributed by atoms with E-state index in [4.69, 9.17) is 10.2 Å². The molecule has 0 unspecified atom stereocenters. The first kappa shape index (κ1) is 15.9. The summed E-state index contributed by atoms with van der Waals surface area (Å²) in [5.41, 5.74) is 0.330. The van der Waals surface area contributed by atoms with Gasteiger partial charge in [-0.05, 0) is 37.5 Å². The van der Waals surface area contributed by atoms with Crippen LogP contribution in [0.2, 0.25) is 0 Å². The summed E-state index contributed by atoms with van der Waals surface area (Å²) in [6.45, 7) is 0.784. The minimum absolute atomic E-state index is 0.154. The molecule has 0 saturated carbocycles. The quantitative estimate of drug-likeness (QED) is 0.736. The second-order valence-electron chi connectivity index (χ2n) is 4.36. The molecular weight excluding hydrogens is 271 g/mol. The number of aliphatic hydroxyl groups excluding tert-OH is 1. The van der Waals surface area contributed by atoms with Crippen LogP contribution in [0.25, 0.3) is 0 Å². The van der Waals surface area contributed by atoms with Crippen molar-refractivity contribution in [1.82, 2.24) is 0 Å². The number of unbranched alkanes of at least 4 members (excludes halogenated alkanes) is 2. The van der Waals surface area contributed by atoms with E-state index in [0.29, 0.717) is 12.2 Å². The Morgan fingerprint density at radius 1 is 1.32 bits per heavy atom. The van der Waals surface area contributed by atoms with E-state index in [-0.39, 0.29) is 11.5 Å². The largest absolute Gasteiger partial charge is 0.396 e. The van der Waals surface area contributed by atoms with Crippen molar-refractivity contribution in [1.29, 1.82) is 0 Å². The Hall–Kier alpha value is -1.18. The predicted molar refractivity (Wildman–Crippen MR) is 72.0 cm³/mol. The van der Waals surface area contributed by atoms with E-state index in [1.165, 1.54) is 12.1 Å². The summed E-state index contributed by atoms with van der Waals surface area (Å²) in [4.78, 5) is 1.47. The molecule has 0 heterocycles. The minimum atomic E-state index is -3.88. The molecule has 0 aromatic heterocycles. The van der Waals surface area contributed by atoms with Crippen molar-refractivity contribution in [3.63, 3.8) is 0 Å². The maximum atomic E-state index is 13.8. The lowest BCUT2D eigenvalue weighted by atomic mass is 10.2. The van der Waals surface area contributed by atoms with Crippen LogP contribution in [0, 0.1) is 5.82 Å². The smallest absolute Gasteiger partial charge is 0.238 e. The zero-order valence-corrected chi connectivity index (χ0v) is 11.7. The van der Waals surface area contributed by atoms with Gasteiger partial charge in [-0.15, -0.1) is 0 Å². The Labute approximate surface area is 112 Å². The molecule has 1 aromatic carbocycles. The van der Waals surface area contributed by atoms with Crippen LogP contribution in [0.4, 0.5) is 10.1 Å². The molecule has 108 valence electrons. The zero-order chi connectivity index (χ0) is 14.5. The molecule has 1 rings (SSSR count). The minimum Gasteiger partial charge on any atom is -0.396 e. The Bertz CT molecular complexity index is 520. The predicted octanol–water partition coefficient (Wildman–Crippen LogP) is 1.07. The van der Waals surface area contributed by atoms with E-state index in [1.54, 1.807) is 11.9 Å². The van der Waals surface area contributed by atoms with Gasteiger partial charge in [0.1, 0.15) is 5.82 Å². The van der Waals surface area contributed by atoms with Crippen molar-refractivity contribution >= 4 is 15.7 Å². The van der Waals surface area contributed by atoms with Gasteiger partial charge in [-0.2, -0.15) is 0 Å². The SMILES string of the molecule is CN(CCCCCO)c1ccc(S(N)(=O)=O)cc1F. The van der Waals surface area contributed by atoms with Crippen molar-refractivity contribution in [2.24, 2.45) is 5.14 Å². The fourth-order valence-corrected chi connectivity index (χ4v) is 2.26. The van der Waals surface area contributed by atoms with Crippen molar-refractivity contribution in [3.8, 4) is 0 Å².